The predicted octanol–water partition coefficient (Wildman–Crippen LogP) is 4.12. The van der Waals surface area contributed by atoms with Gasteiger partial charge < -0.3 is 10.6 Å². The highest BCUT2D eigenvalue weighted by Crippen LogP contribution is 2.19. The molecule has 118 valence electrons. The molecule has 0 fully saturated rings. The van der Waals surface area contributed by atoms with Gasteiger partial charge in [0.1, 0.15) is 0 Å². The first-order valence-corrected chi connectivity index (χ1v) is 7.67. The minimum absolute atomic E-state index is 0.0452. The molecule has 0 aliphatic rings. The largest absolute Gasteiger partial charge is 0.380 e. The van der Waals surface area contributed by atoms with Gasteiger partial charge in [-0.1, -0.05) is 18.2 Å². The Kier molecular flexibility index (Phi) is 4.69. The number of anilines is 2. The Morgan fingerprint density at radius 3 is 2.23 bits per heavy atom. The van der Waals surface area contributed by atoms with Gasteiger partial charge in [-0.2, -0.15) is 0 Å². The van der Waals surface area contributed by atoms with E-state index in [2.05, 4.69) is 67.4 Å². The first-order chi connectivity index (χ1) is 10.2. The van der Waals surface area contributed by atoms with Crippen molar-refractivity contribution in [1.82, 2.24) is 9.97 Å². The Balaban J connectivity index is 2.07. The highest BCUT2D eigenvalue weighted by Gasteiger charge is 2.20. The van der Waals surface area contributed by atoms with Crippen LogP contribution < -0.4 is 10.6 Å². The number of nitrogens with zero attached hydrogens (tertiary/aromatic N) is 2. The quantitative estimate of drug-likeness (QED) is 0.872. The molecule has 22 heavy (non-hydrogen) atoms. The molecule has 1 aromatic carbocycles. The maximum absolute atomic E-state index is 4.62. The molecule has 0 saturated heterocycles. The molecule has 1 heterocycles. The third kappa shape index (κ3) is 5.35. The fourth-order valence-electron chi connectivity index (χ4n) is 2.30. The second kappa shape index (κ2) is 6.34. The highest BCUT2D eigenvalue weighted by atomic mass is 15.1. The molecule has 0 atom stereocenters. The van der Waals surface area contributed by atoms with E-state index in [1.54, 1.807) is 0 Å². The Bertz CT molecular complexity index is 600. The topological polar surface area (TPSA) is 49.8 Å². The third-order valence-corrected chi connectivity index (χ3v) is 3.08. The number of aromatic nitrogens is 2. The number of hydrogen-bond acceptors (Lipinski definition) is 4. The molecule has 0 aliphatic carbocycles. The zero-order valence-corrected chi connectivity index (χ0v) is 14.1. The Labute approximate surface area is 133 Å². The molecule has 2 rings (SSSR count). The summed E-state index contributed by atoms with van der Waals surface area (Å²) in [6, 6.07) is 12.2. The average molecular weight is 298 g/mol. The van der Waals surface area contributed by atoms with Crippen LogP contribution in [-0.4, -0.2) is 21.0 Å². The van der Waals surface area contributed by atoms with Crippen LogP contribution in [0.4, 0.5) is 11.6 Å². The summed E-state index contributed by atoms with van der Waals surface area (Å²) >= 11 is 0. The SMILES string of the molecule is CC(C)(C)Nc1nccc(CC(C)(C)Nc2ccccc2)n1. The summed E-state index contributed by atoms with van der Waals surface area (Å²) in [7, 11) is 0. The lowest BCUT2D eigenvalue weighted by atomic mass is 9.97. The minimum atomic E-state index is -0.0886. The van der Waals surface area contributed by atoms with E-state index in [0.29, 0.717) is 5.95 Å². The lowest BCUT2D eigenvalue weighted by molar-refractivity contribution is 0.554. The lowest BCUT2D eigenvalue weighted by Crippen LogP contribution is -2.34. The van der Waals surface area contributed by atoms with Crippen LogP contribution >= 0.6 is 0 Å². The van der Waals surface area contributed by atoms with Crippen LogP contribution in [0.15, 0.2) is 42.6 Å². The molecule has 0 radical (unpaired) electrons. The van der Waals surface area contributed by atoms with Gasteiger partial charge in [0.2, 0.25) is 5.95 Å². The van der Waals surface area contributed by atoms with E-state index in [9.17, 15) is 0 Å². The Morgan fingerprint density at radius 2 is 1.59 bits per heavy atom. The maximum atomic E-state index is 4.62. The number of nitrogens with one attached hydrogen (secondary N) is 2. The molecule has 4 nitrogen and oxygen atoms in total. The van der Waals surface area contributed by atoms with Crippen molar-refractivity contribution in [1.29, 1.82) is 0 Å². The summed E-state index contributed by atoms with van der Waals surface area (Å²) in [6.45, 7) is 10.7. The smallest absolute Gasteiger partial charge is 0.223 e. The molecule has 2 aromatic rings. The number of hydrogen-bond donors (Lipinski definition) is 2. The van der Waals surface area contributed by atoms with Crippen molar-refractivity contribution in [3.8, 4) is 0 Å². The van der Waals surface area contributed by atoms with E-state index < -0.39 is 0 Å². The highest BCUT2D eigenvalue weighted by molar-refractivity contribution is 5.45. The molecular weight excluding hydrogens is 272 g/mol. The summed E-state index contributed by atoms with van der Waals surface area (Å²) in [5, 5.41) is 6.87. The fraction of sp³-hybridized carbons (Fsp3) is 0.444. The van der Waals surface area contributed by atoms with Gasteiger partial charge in [0.15, 0.2) is 0 Å². The monoisotopic (exact) mass is 298 g/mol. The van der Waals surface area contributed by atoms with Crippen molar-refractivity contribution in [2.75, 3.05) is 10.6 Å². The van der Waals surface area contributed by atoms with Gasteiger partial charge in [0.25, 0.3) is 0 Å². The molecule has 0 unspecified atom stereocenters. The van der Waals surface area contributed by atoms with Crippen LogP contribution in [0.5, 0.6) is 0 Å². The van der Waals surface area contributed by atoms with Crippen LogP contribution in [0.2, 0.25) is 0 Å². The van der Waals surface area contributed by atoms with Crippen molar-refractivity contribution in [2.45, 2.75) is 52.1 Å². The van der Waals surface area contributed by atoms with E-state index >= 15 is 0 Å². The van der Waals surface area contributed by atoms with Gasteiger partial charge in [0.05, 0.1) is 0 Å². The summed E-state index contributed by atoms with van der Waals surface area (Å²) in [5.74, 6) is 0.681. The van der Waals surface area contributed by atoms with Crippen LogP contribution in [0.3, 0.4) is 0 Å². The summed E-state index contributed by atoms with van der Waals surface area (Å²) in [4.78, 5) is 8.92. The summed E-state index contributed by atoms with van der Waals surface area (Å²) in [6.07, 6.45) is 2.64. The normalized spacial score (nSPS) is 12.0. The summed E-state index contributed by atoms with van der Waals surface area (Å²) in [5.41, 5.74) is 2.01. The van der Waals surface area contributed by atoms with Crippen molar-refractivity contribution >= 4 is 11.6 Å². The van der Waals surface area contributed by atoms with E-state index in [1.807, 2.05) is 30.5 Å². The van der Waals surface area contributed by atoms with Crippen LogP contribution in [0, 0.1) is 0 Å². The van der Waals surface area contributed by atoms with Gasteiger partial charge in [0, 0.05) is 35.1 Å². The Hall–Kier alpha value is -2.10. The fourth-order valence-corrected chi connectivity index (χ4v) is 2.30. The van der Waals surface area contributed by atoms with E-state index in [4.69, 9.17) is 0 Å². The molecule has 2 N–H and O–H groups in total. The van der Waals surface area contributed by atoms with Gasteiger partial charge in [-0.25, -0.2) is 9.97 Å². The first kappa shape index (κ1) is 16.3. The van der Waals surface area contributed by atoms with Crippen LogP contribution in [0.1, 0.15) is 40.3 Å². The number of para-hydroxylation sites is 1. The molecule has 0 amide bonds. The lowest BCUT2D eigenvalue weighted by Gasteiger charge is -2.27. The molecule has 1 aromatic heterocycles. The number of benzene rings is 1. The van der Waals surface area contributed by atoms with Crippen molar-refractivity contribution in [3.63, 3.8) is 0 Å². The molecule has 0 aliphatic heterocycles. The van der Waals surface area contributed by atoms with Gasteiger partial charge in [-0.3, -0.25) is 0 Å². The van der Waals surface area contributed by atoms with Gasteiger partial charge in [-0.15, -0.1) is 0 Å². The van der Waals surface area contributed by atoms with Crippen molar-refractivity contribution in [2.24, 2.45) is 0 Å². The standard InChI is InChI=1S/C18H26N4/c1-17(2,3)22-16-19-12-11-15(20-16)13-18(4,5)21-14-9-7-6-8-10-14/h6-12,21H,13H2,1-5H3,(H,19,20,22). The minimum Gasteiger partial charge on any atom is -0.380 e. The van der Waals surface area contributed by atoms with Gasteiger partial charge >= 0.3 is 0 Å². The zero-order valence-electron chi connectivity index (χ0n) is 14.1. The second-order valence-electron chi connectivity index (χ2n) is 7.30. The third-order valence-electron chi connectivity index (χ3n) is 3.08. The van der Waals surface area contributed by atoms with Crippen molar-refractivity contribution in [3.05, 3.63) is 48.3 Å². The van der Waals surface area contributed by atoms with E-state index in [1.165, 1.54) is 0 Å². The van der Waals surface area contributed by atoms with E-state index in [0.717, 1.165) is 17.8 Å². The molecule has 0 bridgehead atoms. The molecule has 4 heteroatoms. The molecule has 0 spiro atoms. The van der Waals surface area contributed by atoms with E-state index in [-0.39, 0.29) is 11.1 Å². The van der Waals surface area contributed by atoms with Gasteiger partial charge in [-0.05, 0) is 52.8 Å². The zero-order chi connectivity index (χ0) is 16.2. The van der Waals surface area contributed by atoms with Crippen molar-refractivity contribution < 1.29 is 0 Å². The molecule has 0 saturated carbocycles. The molecular formula is C18H26N4. The second-order valence-corrected chi connectivity index (χ2v) is 7.30. The first-order valence-electron chi connectivity index (χ1n) is 7.67. The van der Waals surface area contributed by atoms with Crippen LogP contribution in [0.25, 0.3) is 0 Å². The Morgan fingerprint density at radius 1 is 0.909 bits per heavy atom. The summed E-state index contributed by atoms with van der Waals surface area (Å²) < 4.78 is 0. The average Bonchev–Trinajstić information content (AvgIpc) is 2.36. The predicted molar refractivity (Wildman–Crippen MR) is 93.3 cm³/mol. The van der Waals surface area contributed by atoms with Crippen LogP contribution in [-0.2, 0) is 6.42 Å². The number of rotatable bonds is 5. The maximum Gasteiger partial charge on any atom is 0.223 e.